The Morgan fingerprint density at radius 1 is 1.00 bits per heavy atom. The number of benzene rings is 1. The molecule has 176 valence electrons. The van der Waals surface area contributed by atoms with E-state index in [1.165, 1.54) is 51.0 Å². The number of phenolic OH excluding ortho intramolecular Hbond substituents is 1. The van der Waals surface area contributed by atoms with Crippen molar-refractivity contribution in [1.82, 2.24) is 0 Å². The van der Waals surface area contributed by atoms with Crippen LogP contribution in [0.1, 0.15) is 83.6 Å². The van der Waals surface area contributed by atoms with Crippen molar-refractivity contribution in [1.29, 1.82) is 0 Å². The molecule has 4 aliphatic carbocycles. The molecule has 0 bridgehead atoms. The molecule has 4 saturated carbocycles. The summed E-state index contributed by atoms with van der Waals surface area (Å²) in [4.78, 5) is 4.61. The van der Waals surface area contributed by atoms with Gasteiger partial charge in [0.15, 0.2) is 0 Å². The number of nitrogens with zero attached hydrogens (tertiary/aromatic N) is 1. The molecule has 0 aromatic heterocycles. The molecule has 5 heteroatoms. The minimum Gasteiger partial charge on any atom is -0.506 e. The van der Waals surface area contributed by atoms with Crippen molar-refractivity contribution in [3.8, 4) is 5.75 Å². The second-order valence-corrected chi connectivity index (χ2v) is 12.6. The molecule has 0 heterocycles. The summed E-state index contributed by atoms with van der Waals surface area (Å²) in [6, 6.07) is 3.18. The number of rotatable bonds is 3. The lowest BCUT2D eigenvalue weighted by Crippen LogP contribution is -2.56. The lowest BCUT2D eigenvalue weighted by Gasteiger charge is -2.61. The number of aromatic hydroxyl groups is 1. The van der Waals surface area contributed by atoms with Gasteiger partial charge in [0.05, 0.1) is 17.2 Å². The smallest absolute Gasteiger partial charge is 0.143 e. The molecule has 0 spiro atoms. The molecule has 0 unspecified atom stereocenters. The highest BCUT2D eigenvalue weighted by molar-refractivity contribution is 6.36. The van der Waals surface area contributed by atoms with Crippen molar-refractivity contribution in [3.05, 3.63) is 27.7 Å². The van der Waals surface area contributed by atoms with Gasteiger partial charge in [0.25, 0.3) is 0 Å². The minimum atomic E-state index is -0.790. The fourth-order valence-corrected chi connectivity index (χ4v) is 9.15. The number of hydrogen-bond acceptors (Lipinski definition) is 3. The lowest BCUT2D eigenvalue weighted by atomic mass is 9.44. The van der Waals surface area contributed by atoms with E-state index < -0.39 is 5.60 Å². The van der Waals surface area contributed by atoms with Gasteiger partial charge in [-0.15, -0.1) is 0 Å². The maximum Gasteiger partial charge on any atom is 0.143 e. The Balaban J connectivity index is 1.35. The molecule has 0 radical (unpaired) electrons. The highest BCUT2D eigenvalue weighted by Gasteiger charge is 2.64. The summed E-state index contributed by atoms with van der Waals surface area (Å²) >= 11 is 12.1. The molecule has 4 aliphatic rings. The van der Waals surface area contributed by atoms with Crippen molar-refractivity contribution in [2.45, 2.75) is 83.7 Å². The predicted octanol–water partition coefficient (Wildman–Crippen LogP) is 7.28. The Labute approximate surface area is 202 Å². The SMILES string of the molecule is C[C@]12CCCC[C@@H]1CC[C@H]1[C@H]3CC[C@](O)(CN=Cc4cc(Cl)cc(Cl)c4O)[C@@]3(C)CC[C@@H]12. The van der Waals surface area contributed by atoms with Crippen molar-refractivity contribution >= 4 is 29.4 Å². The summed E-state index contributed by atoms with van der Waals surface area (Å²) in [6.45, 7) is 5.30. The van der Waals surface area contributed by atoms with E-state index in [0.29, 0.717) is 28.5 Å². The Kier molecular flexibility index (Phi) is 5.87. The fourth-order valence-electron chi connectivity index (χ4n) is 8.64. The maximum atomic E-state index is 11.9. The molecular formula is C27H37Cl2NO2. The van der Waals surface area contributed by atoms with Crippen LogP contribution in [0.3, 0.4) is 0 Å². The summed E-state index contributed by atoms with van der Waals surface area (Å²) in [5.74, 6) is 3.08. The van der Waals surface area contributed by atoms with Crippen molar-refractivity contribution in [2.24, 2.45) is 39.5 Å². The highest BCUT2D eigenvalue weighted by atomic mass is 35.5. The van der Waals surface area contributed by atoms with E-state index in [0.717, 1.165) is 37.0 Å². The third kappa shape index (κ3) is 3.45. The quantitative estimate of drug-likeness (QED) is 0.449. The van der Waals surface area contributed by atoms with Gasteiger partial charge in [-0.25, -0.2) is 0 Å². The van der Waals surface area contributed by atoms with Gasteiger partial charge >= 0.3 is 0 Å². The van der Waals surface area contributed by atoms with Crippen LogP contribution in [0.25, 0.3) is 0 Å². The first-order valence-corrected chi connectivity index (χ1v) is 13.3. The second-order valence-electron chi connectivity index (χ2n) is 11.7. The van der Waals surface area contributed by atoms with E-state index >= 15 is 0 Å². The number of phenols is 1. The maximum absolute atomic E-state index is 11.9. The van der Waals surface area contributed by atoms with Crippen molar-refractivity contribution in [3.63, 3.8) is 0 Å². The molecule has 5 rings (SSSR count). The molecule has 7 atom stereocenters. The Bertz CT molecular complexity index is 919. The Morgan fingerprint density at radius 2 is 1.78 bits per heavy atom. The van der Waals surface area contributed by atoms with Crippen LogP contribution in [0, 0.1) is 34.5 Å². The summed E-state index contributed by atoms with van der Waals surface area (Å²) < 4.78 is 0. The molecule has 0 saturated heterocycles. The Morgan fingerprint density at radius 3 is 2.59 bits per heavy atom. The second kappa shape index (κ2) is 8.17. The lowest BCUT2D eigenvalue weighted by molar-refractivity contribution is -0.147. The number of aliphatic hydroxyl groups is 1. The highest BCUT2D eigenvalue weighted by Crippen LogP contribution is 2.68. The molecule has 32 heavy (non-hydrogen) atoms. The van der Waals surface area contributed by atoms with Crippen LogP contribution in [0.5, 0.6) is 5.75 Å². The third-order valence-electron chi connectivity index (χ3n) is 10.5. The Hall–Kier alpha value is -0.770. The van der Waals surface area contributed by atoms with Gasteiger partial charge in [0.2, 0.25) is 0 Å². The first kappa shape index (κ1) is 23.0. The minimum absolute atomic E-state index is 0.0136. The predicted molar refractivity (Wildman–Crippen MR) is 132 cm³/mol. The van der Waals surface area contributed by atoms with Gasteiger partial charge < -0.3 is 10.2 Å². The van der Waals surface area contributed by atoms with E-state index in [9.17, 15) is 10.2 Å². The van der Waals surface area contributed by atoms with Crippen LogP contribution in [0.15, 0.2) is 17.1 Å². The van der Waals surface area contributed by atoms with E-state index in [1.807, 2.05) is 0 Å². The van der Waals surface area contributed by atoms with Crippen LogP contribution >= 0.6 is 23.2 Å². The van der Waals surface area contributed by atoms with Crippen LogP contribution < -0.4 is 0 Å². The zero-order valence-electron chi connectivity index (χ0n) is 19.4. The van der Waals surface area contributed by atoms with Crippen molar-refractivity contribution < 1.29 is 10.2 Å². The van der Waals surface area contributed by atoms with Crippen LogP contribution in [0.4, 0.5) is 0 Å². The molecule has 0 aliphatic heterocycles. The molecule has 0 amide bonds. The molecule has 2 N–H and O–H groups in total. The third-order valence-corrected chi connectivity index (χ3v) is 11.1. The molecular weight excluding hydrogens is 441 g/mol. The van der Waals surface area contributed by atoms with Gasteiger partial charge in [-0.3, -0.25) is 4.99 Å². The van der Waals surface area contributed by atoms with Crippen LogP contribution in [-0.4, -0.2) is 28.6 Å². The average Bonchev–Trinajstić information content (AvgIpc) is 3.02. The molecule has 1 aromatic carbocycles. The van der Waals surface area contributed by atoms with Gasteiger partial charge in [-0.1, -0.05) is 49.9 Å². The van der Waals surface area contributed by atoms with Gasteiger partial charge in [0, 0.05) is 22.2 Å². The topological polar surface area (TPSA) is 52.8 Å². The van der Waals surface area contributed by atoms with Gasteiger partial charge in [0.1, 0.15) is 5.75 Å². The number of aliphatic imine (C=N–C) groups is 1. The zero-order chi connectivity index (χ0) is 22.7. The van der Waals surface area contributed by atoms with E-state index in [4.69, 9.17) is 23.2 Å². The standard InChI is InChI=1S/C27H37Cl2NO2/c1-25-10-4-3-5-18(25)6-7-20-21(25)8-11-26(2)22(20)9-12-27(26,32)16-30-15-17-13-19(28)14-23(29)24(17)31/h13-15,18,20-22,31-32H,3-12,16H2,1-2H3/t18-,20-,21+,22-,25+,26+,27+/m1/s1. The van der Waals surface area contributed by atoms with Crippen LogP contribution in [-0.2, 0) is 0 Å². The summed E-state index contributed by atoms with van der Waals surface area (Å²) in [6.07, 6.45) is 14.3. The zero-order valence-corrected chi connectivity index (χ0v) is 20.9. The number of hydrogen-bond donors (Lipinski definition) is 2. The van der Waals surface area contributed by atoms with Crippen LogP contribution in [0.2, 0.25) is 10.0 Å². The summed E-state index contributed by atoms with van der Waals surface area (Å²) in [5.41, 5.74) is 0.141. The van der Waals surface area contributed by atoms with Gasteiger partial charge in [-0.05, 0) is 92.6 Å². The molecule has 1 aromatic rings. The van der Waals surface area contributed by atoms with E-state index in [-0.39, 0.29) is 16.2 Å². The largest absolute Gasteiger partial charge is 0.506 e. The fraction of sp³-hybridized carbons (Fsp3) is 0.741. The van der Waals surface area contributed by atoms with Gasteiger partial charge in [-0.2, -0.15) is 0 Å². The number of fused-ring (bicyclic) bond motifs is 5. The summed E-state index contributed by atoms with van der Waals surface area (Å²) in [7, 11) is 0. The molecule has 4 fully saturated rings. The average molecular weight is 479 g/mol. The first-order chi connectivity index (χ1) is 15.2. The normalized spacial score (nSPS) is 43.7. The first-order valence-electron chi connectivity index (χ1n) is 12.6. The van der Waals surface area contributed by atoms with Crippen molar-refractivity contribution in [2.75, 3.05) is 6.54 Å². The number of halogens is 2. The monoisotopic (exact) mass is 477 g/mol. The van der Waals surface area contributed by atoms with E-state index in [1.54, 1.807) is 12.3 Å². The molecule has 3 nitrogen and oxygen atoms in total. The summed E-state index contributed by atoms with van der Waals surface area (Å²) in [5, 5.41) is 22.8. The van der Waals surface area contributed by atoms with E-state index in [2.05, 4.69) is 18.8 Å².